The summed E-state index contributed by atoms with van der Waals surface area (Å²) in [5.41, 5.74) is 12.5. The highest BCUT2D eigenvalue weighted by molar-refractivity contribution is 5.97. The fourth-order valence-corrected chi connectivity index (χ4v) is 4.59. The second-order valence-electron chi connectivity index (χ2n) is 8.35. The van der Waals surface area contributed by atoms with Crippen LogP contribution in [-0.2, 0) is 0 Å². The van der Waals surface area contributed by atoms with Gasteiger partial charge in [0.25, 0.3) is 0 Å². The molecule has 0 radical (unpaired) electrons. The molecule has 0 aliphatic heterocycles. The Hall–Kier alpha value is -3.65. The Morgan fingerprint density at radius 1 is 0.613 bits per heavy atom. The van der Waals surface area contributed by atoms with Gasteiger partial charge in [0.1, 0.15) is 5.52 Å². The molecule has 5 rings (SSSR count). The van der Waals surface area contributed by atoms with Crippen LogP contribution >= 0.6 is 0 Å². The van der Waals surface area contributed by atoms with Crippen molar-refractivity contribution in [2.45, 2.75) is 27.7 Å². The Bertz CT molecular complexity index is 1390. The number of aryl methyl sites for hydroxylation is 4. The quantitative estimate of drug-likeness (QED) is 0.304. The van der Waals surface area contributed by atoms with Gasteiger partial charge in [-0.25, -0.2) is 4.98 Å². The summed E-state index contributed by atoms with van der Waals surface area (Å²) in [7, 11) is 0. The molecule has 31 heavy (non-hydrogen) atoms. The maximum absolute atomic E-state index is 6.35. The minimum absolute atomic E-state index is 0.653. The van der Waals surface area contributed by atoms with E-state index in [4.69, 9.17) is 9.40 Å². The van der Waals surface area contributed by atoms with Gasteiger partial charge in [0, 0.05) is 11.1 Å². The number of benzene rings is 4. The molecule has 0 amide bonds. The first-order chi connectivity index (χ1) is 15.0. The van der Waals surface area contributed by atoms with Gasteiger partial charge in [-0.3, -0.25) is 0 Å². The molecular weight excluding hydrogens is 378 g/mol. The van der Waals surface area contributed by atoms with Gasteiger partial charge in [0.05, 0.1) is 0 Å². The van der Waals surface area contributed by atoms with Crippen molar-refractivity contribution in [2.24, 2.45) is 0 Å². The van der Waals surface area contributed by atoms with E-state index in [0.29, 0.717) is 5.89 Å². The van der Waals surface area contributed by atoms with E-state index < -0.39 is 0 Å². The second-order valence-corrected chi connectivity index (χ2v) is 8.35. The van der Waals surface area contributed by atoms with E-state index in [-0.39, 0.29) is 0 Å². The van der Waals surface area contributed by atoms with Gasteiger partial charge in [-0.1, -0.05) is 60.2 Å². The van der Waals surface area contributed by atoms with Crippen molar-refractivity contribution < 1.29 is 4.42 Å². The normalized spacial score (nSPS) is 11.2. The Labute approximate surface area is 183 Å². The number of fused-ring (bicyclic) bond motifs is 1. The number of nitrogens with zero attached hydrogens (tertiary/aromatic N) is 1. The van der Waals surface area contributed by atoms with E-state index in [1.807, 2.05) is 30.3 Å². The Morgan fingerprint density at radius 2 is 1.29 bits per heavy atom. The fourth-order valence-electron chi connectivity index (χ4n) is 4.59. The first-order valence-electron chi connectivity index (χ1n) is 10.7. The summed E-state index contributed by atoms with van der Waals surface area (Å²) in [6, 6.07) is 27.5. The van der Waals surface area contributed by atoms with Crippen molar-refractivity contribution in [3.8, 4) is 33.7 Å². The SMILES string of the molecule is Cc1cc(C)c(-c2cc(-c3ccccc3C)c3oc(-c4ccccc4)nc3c2)c(C)c1. The third-order valence-electron chi connectivity index (χ3n) is 5.91. The molecule has 0 saturated carbocycles. The summed E-state index contributed by atoms with van der Waals surface area (Å²) in [4.78, 5) is 4.90. The third kappa shape index (κ3) is 3.44. The number of oxazole rings is 1. The Morgan fingerprint density at radius 3 is 2.00 bits per heavy atom. The van der Waals surface area contributed by atoms with E-state index in [0.717, 1.165) is 22.2 Å². The minimum Gasteiger partial charge on any atom is -0.435 e. The first kappa shape index (κ1) is 19.3. The third-order valence-corrected chi connectivity index (χ3v) is 5.91. The van der Waals surface area contributed by atoms with Crippen LogP contribution in [0.3, 0.4) is 0 Å². The molecule has 2 nitrogen and oxygen atoms in total. The predicted octanol–water partition coefficient (Wildman–Crippen LogP) is 8.06. The lowest BCUT2D eigenvalue weighted by atomic mass is 9.90. The van der Waals surface area contributed by atoms with Crippen LogP contribution in [-0.4, -0.2) is 4.98 Å². The van der Waals surface area contributed by atoms with Crippen molar-refractivity contribution in [3.05, 3.63) is 101 Å². The lowest BCUT2D eigenvalue weighted by Gasteiger charge is -2.14. The second kappa shape index (κ2) is 7.55. The first-order valence-corrected chi connectivity index (χ1v) is 10.7. The summed E-state index contributed by atoms with van der Waals surface area (Å²) >= 11 is 0. The molecule has 0 atom stereocenters. The Balaban J connectivity index is 1.82. The van der Waals surface area contributed by atoms with Crippen LogP contribution in [0.4, 0.5) is 0 Å². The van der Waals surface area contributed by atoms with E-state index in [2.05, 4.69) is 76.2 Å². The van der Waals surface area contributed by atoms with Gasteiger partial charge in [-0.05, 0) is 85.3 Å². The summed E-state index contributed by atoms with van der Waals surface area (Å²) in [6.07, 6.45) is 0. The number of hydrogen-bond acceptors (Lipinski definition) is 2. The summed E-state index contributed by atoms with van der Waals surface area (Å²) < 4.78 is 6.35. The summed E-state index contributed by atoms with van der Waals surface area (Å²) in [5.74, 6) is 0.653. The largest absolute Gasteiger partial charge is 0.435 e. The molecule has 2 heteroatoms. The van der Waals surface area contributed by atoms with Crippen molar-refractivity contribution in [1.29, 1.82) is 0 Å². The Kier molecular flexibility index (Phi) is 4.71. The predicted molar refractivity (Wildman–Crippen MR) is 129 cm³/mol. The van der Waals surface area contributed by atoms with Crippen LogP contribution in [0.25, 0.3) is 44.8 Å². The van der Waals surface area contributed by atoms with Crippen molar-refractivity contribution >= 4 is 11.1 Å². The molecule has 5 aromatic rings. The maximum Gasteiger partial charge on any atom is 0.227 e. The van der Waals surface area contributed by atoms with Crippen LogP contribution < -0.4 is 0 Å². The average Bonchev–Trinajstić information content (AvgIpc) is 3.18. The maximum atomic E-state index is 6.35. The fraction of sp³-hybridized carbons (Fsp3) is 0.138. The minimum atomic E-state index is 0.653. The van der Waals surface area contributed by atoms with Crippen molar-refractivity contribution in [2.75, 3.05) is 0 Å². The van der Waals surface area contributed by atoms with Gasteiger partial charge < -0.3 is 4.42 Å². The molecule has 0 N–H and O–H groups in total. The van der Waals surface area contributed by atoms with Gasteiger partial charge in [0.2, 0.25) is 5.89 Å². The summed E-state index contributed by atoms with van der Waals surface area (Å²) in [6.45, 7) is 8.66. The molecule has 0 spiro atoms. The van der Waals surface area contributed by atoms with Crippen LogP contribution in [0.2, 0.25) is 0 Å². The van der Waals surface area contributed by atoms with Crippen LogP contribution in [0.5, 0.6) is 0 Å². The van der Waals surface area contributed by atoms with E-state index >= 15 is 0 Å². The van der Waals surface area contributed by atoms with Gasteiger partial charge in [-0.2, -0.15) is 0 Å². The highest BCUT2D eigenvalue weighted by Crippen LogP contribution is 2.39. The highest BCUT2D eigenvalue weighted by Gasteiger charge is 2.18. The van der Waals surface area contributed by atoms with Crippen molar-refractivity contribution in [3.63, 3.8) is 0 Å². The van der Waals surface area contributed by atoms with Crippen LogP contribution in [0.15, 0.2) is 83.3 Å². The number of aromatic nitrogens is 1. The van der Waals surface area contributed by atoms with Crippen LogP contribution in [0, 0.1) is 27.7 Å². The van der Waals surface area contributed by atoms with Gasteiger partial charge >= 0.3 is 0 Å². The highest BCUT2D eigenvalue weighted by atomic mass is 16.3. The van der Waals surface area contributed by atoms with E-state index in [1.165, 1.54) is 38.9 Å². The number of rotatable bonds is 3. The molecule has 0 aliphatic carbocycles. The molecule has 1 aromatic heterocycles. The van der Waals surface area contributed by atoms with E-state index in [1.54, 1.807) is 0 Å². The monoisotopic (exact) mass is 403 g/mol. The zero-order valence-corrected chi connectivity index (χ0v) is 18.4. The molecule has 0 saturated heterocycles. The zero-order valence-electron chi connectivity index (χ0n) is 18.4. The average molecular weight is 404 g/mol. The van der Waals surface area contributed by atoms with Gasteiger partial charge in [-0.15, -0.1) is 0 Å². The van der Waals surface area contributed by atoms with Crippen molar-refractivity contribution in [1.82, 2.24) is 4.98 Å². The molecular formula is C29H25NO. The lowest BCUT2D eigenvalue weighted by molar-refractivity contribution is 0.621. The topological polar surface area (TPSA) is 26.0 Å². The number of hydrogen-bond donors (Lipinski definition) is 0. The standard InChI is InChI=1S/C29H25NO/c1-18-14-20(3)27(21(4)15-18)23-16-25(24-13-9-8-10-19(24)2)28-26(17-23)30-29(31-28)22-11-6-5-7-12-22/h5-17H,1-4H3. The molecule has 0 bridgehead atoms. The van der Waals surface area contributed by atoms with E-state index in [9.17, 15) is 0 Å². The molecule has 1 heterocycles. The van der Waals surface area contributed by atoms with Gasteiger partial charge in [0.15, 0.2) is 5.58 Å². The molecule has 0 fully saturated rings. The molecule has 4 aromatic carbocycles. The summed E-state index contributed by atoms with van der Waals surface area (Å²) in [5, 5.41) is 0. The lowest BCUT2D eigenvalue weighted by Crippen LogP contribution is -1.92. The molecule has 152 valence electrons. The zero-order chi connectivity index (χ0) is 21.5. The smallest absolute Gasteiger partial charge is 0.227 e. The molecule has 0 aliphatic rings. The van der Waals surface area contributed by atoms with Crippen LogP contribution in [0.1, 0.15) is 22.3 Å². The molecule has 0 unspecified atom stereocenters.